The number of benzene rings is 2. The van der Waals surface area contributed by atoms with Crippen molar-refractivity contribution in [2.45, 2.75) is 4.90 Å². The Morgan fingerprint density at radius 3 is 2.41 bits per heavy atom. The predicted molar refractivity (Wildman–Crippen MR) is 87.1 cm³/mol. The van der Waals surface area contributed by atoms with Gasteiger partial charge >= 0.3 is 0 Å². The average Bonchev–Trinajstić information content (AvgIpc) is 2.94. The van der Waals surface area contributed by atoms with Gasteiger partial charge in [0, 0.05) is 23.2 Å². The minimum Gasteiger partial charge on any atom is -0.315 e. The summed E-state index contributed by atoms with van der Waals surface area (Å²) in [7, 11) is -3.84. The lowest BCUT2D eigenvalue weighted by Crippen LogP contribution is -2.08. The maximum atomic E-state index is 12.4. The third-order valence-corrected chi connectivity index (χ3v) is 4.79. The fraction of sp³-hybridized carbons (Fsp3) is 0.125. The van der Waals surface area contributed by atoms with Crippen LogP contribution in [0.4, 0.5) is 0 Å². The third-order valence-electron chi connectivity index (χ3n) is 3.29. The Bertz CT molecular complexity index is 888. The molecule has 0 radical (unpaired) electrons. The van der Waals surface area contributed by atoms with Gasteiger partial charge in [0.15, 0.2) is 0 Å². The van der Waals surface area contributed by atoms with Crippen LogP contribution in [-0.2, 0) is 14.3 Å². The molecular formula is C16H14ClNO3S. The minimum atomic E-state index is -3.84. The lowest BCUT2D eigenvalue weighted by Gasteiger charge is -2.04. The summed E-state index contributed by atoms with van der Waals surface area (Å²) in [5, 5.41) is 0.626. The van der Waals surface area contributed by atoms with Gasteiger partial charge in [-0.3, -0.25) is 4.18 Å². The highest BCUT2D eigenvalue weighted by Gasteiger charge is 2.22. The molecule has 0 atom stereocenters. The van der Waals surface area contributed by atoms with E-state index in [0.29, 0.717) is 5.39 Å². The molecule has 1 heterocycles. The molecule has 4 nitrogen and oxygen atoms in total. The second kappa shape index (κ2) is 6.12. The smallest absolute Gasteiger partial charge is 0.299 e. The first-order valence-corrected chi connectivity index (χ1v) is 8.68. The lowest BCUT2D eigenvalue weighted by atomic mass is 10.2. The molecule has 3 rings (SSSR count). The van der Waals surface area contributed by atoms with E-state index in [1.807, 2.05) is 47.0 Å². The van der Waals surface area contributed by atoms with Gasteiger partial charge in [-0.05, 0) is 18.2 Å². The normalized spacial score (nSPS) is 11.9. The fourth-order valence-corrected chi connectivity index (χ4v) is 3.63. The maximum Gasteiger partial charge on any atom is 0.299 e. The van der Waals surface area contributed by atoms with Gasteiger partial charge in [0.2, 0.25) is 0 Å². The molecule has 0 amide bonds. The first-order valence-electron chi connectivity index (χ1n) is 6.74. The van der Waals surface area contributed by atoms with Crippen molar-refractivity contribution in [3.8, 4) is 5.69 Å². The molecule has 3 aromatic rings. The van der Waals surface area contributed by atoms with Gasteiger partial charge in [0.1, 0.15) is 4.90 Å². The summed E-state index contributed by atoms with van der Waals surface area (Å²) in [6, 6.07) is 16.9. The van der Waals surface area contributed by atoms with E-state index in [-0.39, 0.29) is 17.4 Å². The Morgan fingerprint density at radius 1 is 1.00 bits per heavy atom. The molecule has 0 aliphatic rings. The Kier molecular flexibility index (Phi) is 4.20. The van der Waals surface area contributed by atoms with E-state index in [1.165, 1.54) is 0 Å². The molecule has 22 heavy (non-hydrogen) atoms. The van der Waals surface area contributed by atoms with Gasteiger partial charge in [0.05, 0.1) is 12.1 Å². The monoisotopic (exact) mass is 335 g/mol. The maximum absolute atomic E-state index is 12.4. The van der Waals surface area contributed by atoms with Gasteiger partial charge in [-0.25, -0.2) is 0 Å². The van der Waals surface area contributed by atoms with Crippen LogP contribution in [0.1, 0.15) is 0 Å². The number of nitrogens with zero attached hydrogens (tertiary/aromatic N) is 1. The standard InChI is InChI=1S/C16H14ClNO3S/c17-10-11-21-22(19,20)16-12-18(13-6-2-1-3-7-13)15-9-5-4-8-14(15)16/h1-9,12H,10-11H2. The highest BCUT2D eigenvalue weighted by molar-refractivity contribution is 7.87. The van der Waals surface area contributed by atoms with Gasteiger partial charge in [-0.15, -0.1) is 11.6 Å². The van der Waals surface area contributed by atoms with E-state index in [2.05, 4.69) is 0 Å². The Balaban J connectivity index is 2.21. The van der Waals surface area contributed by atoms with Crippen LogP contribution in [0, 0.1) is 0 Å². The molecule has 114 valence electrons. The summed E-state index contributed by atoms with van der Waals surface area (Å²) in [5.74, 6) is 0.122. The topological polar surface area (TPSA) is 48.3 Å². The number of para-hydroxylation sites is 2. The van der Waals surface area contributed by atoms with Crippen LogP contribution in [0.3, 0.4) is 0 Å². The van der Waals surface area contributed by atoms with Crippen molar-refractivity contribution in [3.05, 3.63) is 60.8 Å². The first-order chi connectivity index (χ1) is 10.6. The summed E-state index contributed by atoms with van der Waals surface area (Å²) >= 11 is 5.52. The zero-order chi connectivity index (χ0) is 15.6. The van der Waals surface area contributed by atoms with E-state index in [9.17, 15) is 8.42 Å². The molecule has 0 bridgehead atoms. The summed E-state index contributed by atoms with van der Waals surface area (Å²) in [4.78, 5) is 0.150. The number of aromatic nitrogens is 1. The molecule has 0 saturated heterocycles. The summed E-state index contributed by atoms with van der Waals surface area (Å²) in [5.41, 5.74) is 1.69. The van der Waals surface area contributed by atoms with Crippen LogP contribution in [0.5, 0.6) is 0 Å². The SMILES string of the molecule is O=S(=O)(OCCCl)c1cn(-c2ccccc2)c2ccccc12. The summed E-state index contributed by atoms with van der Waals surface area (Å²) < 4.78 is 31.5. The molecule has 0 aliphatic heterocycles. The molecule has 0 aliphatic carbocycles. The molecule has 1 aromatic heterocycles. The van der Waals surface area contributed by atoms with Crippen molar-refractivity contribution in [1.82, 2.24) is 4.57 Å². The van der Waals surface area contributed by atoms with Crippen LogP contribution in [-0.4, -0.2) is 25.5 Å². The first kappa shape index (κ1) is 15.1. The van der Waals surface area contributed by atoms with Gasteiger partial charge in [0.25, 0.3) is 10.1 Å². The van der Waals surface area contributed by atoms with Crippen molar-refractivity contribution in [2.75, 3.05) is 12.5 Å². The highest BCUT2D eigenvalue weighted by atomic mass is 35.5. The number of hydrogen-bond donors (Lipinski definition) is 0. The van der Waals surface area contributed by atoms with Crippen LogP contribution in [0.15, 0.2) is 65.7 Å². The van der Waals surface area contributed by atoms with E-state index < -0.39 is 10.1 Å². The highest BCUT2D eigenvalue weighted by Crippen LogP contribution is 2.29. The largest absolute Gasteiger partial charge is 0.315 e. The molecule has 0 spiro atoms. The van der Waals surface area contributed by atoms with Crippen molar-refractivity contribution < 1.29 is 12.6 Å². The molecule has 0 N–H and O–H groups in total. The summed E-state index contributed by atoms with van der Waals surface area (Å²) in [6.07, 6.45) is 1.59. The van der Waals surface area contributed by atoms with Crippen LogP contribution in [0.2, 0.25) is 0 Å². The van der Waals surface area contributed by atoms with E-state index in [0.717, 1.165) is 11.2 Å². The number of halogens is 1. The second-order valence-electron chi connectivity index (χ2n) is 4.68. The quantitative estimate of drug-likeness (QED) is 0.529. The number of alkyl halides is 1. The van der Waals surface area contributed by atoms with Crippen LogP contribution >= 0.6 is 11.6 Å². The average molecular weight is 336 g/mol. The Hall–Kier alpha value is -1.82. The molecule has 0 fully saturated rings. The number of fused-ring (bicyclic) bond motifs is 1. The zero-order valence-electron chi connectivity index (χ0n) is 11.6. The zero-order valence-corrected chi connectivity index (χ0v) is 13.2. The van der Waals surface area contributed by atoms with E-state index in [4.69, 9.17) is 15.8 Å². The van der Waals surface area contributed by atoms with Crippen molar-refractivity contribution in [2.24, 2.45) is 0 Å². The van der Waals surface area contributed by atoms with Crippen molar-refractivity contribution >= 4 is 32.6 Å². The number of hydrogen-bond acceptors (Lipinski definition) is 3. The summed E-state index contributed by atoms with van der Waals surface area (Å²) in [6.45, 7) is -0.0469. The lowest BCUT2D eigenvalue weighted by molar-refractivity contribution is 0.340. The van der Waals surface area contributed by atoms with Crippen molar-refractivity contribution in [3.63, 3.8) is 0 Å². The van der Waals surface area contributed by atoms with Gasteiger partial charge in [-0.1, -0.05) is 36.4 Å². The molecule has 0 saturated carbocycles. The molecule has 6 heteroatoms. The Morgan fingerprint density at radius 2 is 1.68 bits per heavy atom. The van der Waals surface area contributed by atoms with Crippen LogP contribution < -0.4 is 0 Å². The van der Waals surface area contributed by atoms with E-state index >= 15 is 0 Å². The fourth-order valence-electron chi connectivity index (χ4n) is 2.35. The van der Waals surface area contributed by atoms with Gasteiger partial charge < -0.3 is 4.57 Å². The molecule has 0 unspecified atom stereocenters. The molecule has 2 aromatic carbocycles. The number of rotatable bonds is 5. The third kappa shape index (κ3) is 2.75. The van der Waals surface area contributed by atoms with Crippen LogP contribution in [0.25, 0.3) is 16.6 Å². The van der Waals surface area contributed by atoms with Gasteiger partial charge in [-0.2, -0.15) is 8.42 Å². The van der Waals surface area contributed by atoms with Crippen molar-refractivity contribution in [1.29, 1.82) is 0 Å². The predicted octanol–water partition coefficient (Wildman–Crippen LogP) is 3.57. The minimum absolute atomic E-state index is 0.0469. The molecular weight excluding hydrogens is 322 g/mol. The second-order valence-corrected chi connectivity index (χ2v) is 6.64. The Labute approximate surface area is 134 Å². The van der Waals surface area contributed by atoms with E-state index in [1.54, 1.807) is 18.3 Å².